The van der Waals surface area contributed by atoms with E-state index in [0.717, 1.165) is 11.3 Å². The molecule has 0 bridgehead atoms. The summed E-state index contributed by atoms with van der Waals surface area (Å²) >= 11 is 0. The van der Waals surface area contributed by atoms with Gasteiger partial charge in [0.2, 0.25) is 11.8 Å². The van der Waals surface area contributed by atoms with E-state index < -0.39 is 0 Å². The normalized spacial score (nSPS) is 14.3. The van der Waals surface area contributed by atoms with Crippen LogP contribution >= 0.6 is 0 Å². The molecule has 1 saturated heterocycles. The van der Waals surface area contributed by atoms with Crippen molar-refractivity contribution in [2.24, 2.45) is 0 Å². The number of ketones is 1. The second kappa shape index (κ2) is 8.62. The molecule has 5 heteroatoms. The molecule has 0 atom stereocenters. The average molecular weight is 364 g/mol. The Kier molecular flexibility index (Phi) is 6.01. The zero-order chi connectivity index (χ0) is 19.2. The molecule has 0 spiro atoms. The van der Waals surface area contributed by atoms with Crippen LogP contribution in [0.2, 0.25) is 0 Å². The number of nitrogens with zero attached hydrogens (tertiary/aromatic N) is 2. The smallest absolute Gasteiger partial charge is 0.246 e. The molecule has 1 aliphatic heterocycles. The number of benzene rings is 2. The molecule has 1 fully saturated rings. The van der Waals surface area contributed by atoms with Crippen LogP contribution in [0.1, 0.15) is 35.2 Å². The van der Waals surface area contributed by atoms with E-state index in [1.54, 1.807) is 21.9 Å². The van der Waals surface area contributed by atoms with Crippen LogP contribution in [0, 0.1) is 6.92 Å². The van der Waals surface area contributed by atoms with Gasteiger partial charge in [-0.15, -0.1) is 0 Å². The van der Waals surface area contributed by atoms with E-state index in [1.807, 2.05) is 49.4 Å². The van der Waals surface area contributed by atoms with Crippen molar-refractivity contribution in [2.75, 3.05) is 24.5 Å². The number of Topliss-reactive ketones (excluding diaryl/α,β-unsaturated/α-hetero) is 1. The van der Waals surface area contributed by atoms with E-state index >= 15 is 0 Å². The first-order valence-corrected chi connectivity index (χ1v) is 9.27. The first-order chi connectivity index (χ1) is 13.0. The molecule has 2 aromatic carbocycles. The predicted molar refractivity (Wildman–Crippen MR) is 105 cm³/mol. The largest absolute Gasteiger partial charge is 0.332 e. The van der Waals surface area contributed by atoms with E-state index in [-0.39, 0.29) is 30.6 Å². The van der Waals surface area contributed by atoms with E-state index in [9.17, 15) is 14.4 Å². The van der Waals surface area contributed by atoms with Gasteiger partial charge >= 0.3 is 0 Å². The maximum atomic E-state index is 12.4. The van der Waals surface area contributed by atoms with Crippen molar-refractivity contribution in [1.82, 2.24) is 4.90 Å². The van der Waals surface area contributed by atoms with Gasteiger partial charge < -0.3 is 9.80 Å². The molecule has 1 aliphatic rings. The summed E-state index contributed by atoms with van der Waals surface area (Å²) < 4.78 is 0. The Labute approximate surface area is 159 Å². The molecule has 0 radical (unpaired) electrons. The molecule has 140 valence electrons. The Hall–Kier alpha value is -2.95. The van der Waals surface area contributed by atoms with Gasteiger partial charge in [0.05, 0.1) is 0 Å². The molecule has 0 saturated carbocycles. The number of aryl methyl sites for hydroxylation is 1. The lowest BCUT2D eigenvalue weighted by atomic mass is 10.1. The number of hydrogen-bond donors (Lipinski definition) is 0. The number of carbonyl (C=O) groups excluding carboxylic acids is 3. The van der Waals surface area contributed by atoms with E-state index in [0.29, 0.717) is 31.5 Å². The Morgan fingerprint density at radius 1 is 0.926 bits per heavy atom. The zero-order valence-corrected chi connectivity index (χ0v) is 15.6. The summed E-state index contributed by atoms with van der Waals surface area (Å²) in [5.74, 6) is -0.0877. The van der Waals surface area contributed by atoms with Crippen LogP contribution in [0.25, 0.3) is 0 Å². The van der Waals surface area contributed by atoms with Crippen molar-refractivity contribution in [3.63, 3.8) is 0 Å². The van der Waals surface area contributed by atoms with Crippen molar-refractivity contribution < 1.29 is 14.4 Å². The molecular formula is C22H24N2O3. The van der Waals surface area contributed by atoms with Gasteiger partial charge in [-0.2, -0.15) is 0 Å². The van der Waals surface area contributed by atoms with Gasteiger partial charge in [0.1, 0.15) is 6.54 Å². The van der Waals surface area contributed by atoms with E-state index in [4.69, 9.17) is 0 Å². The highest BCUT2D eigenvalue weighted by molar-refractivity contribution is 5.98. The van der Waals surface area contributed by atoms with Crippen LogP contribution in [0.5, 0.6) is 0 Å². The lowest BCUT2D eigenvalue weighted by Crippen LogP contribution is -2.52. The van der Waals surface area contributed by atoms with Crippen LogP contribution < -0.4 is 4.90 Å². The lowest BCUT2D eigenvalue weighted by molar-refractivity contribution is -0.136. The van der Waals surface area contributed by atoms with Crippen LogP contribution in [-0.2, 0) is 9.59 Å². The monoisotopic (exact) mass is 364 g/mol. The number of amides is 2. The second-order valence-corrected chi connectivity index (χ2v) is 6.84. The van der Waals surface area contributed by atoms with Gasteiger partial charge in [0.15, 0.2) is 5.78 Å². The Balaban J connectivity index is 1.47. The molecule has 27 heavy (non-hydrogen) atoms. The summed E-state index contributed by atoms with van der Waals surface area (Å²) in [6.45, 7) is 3.12. The Bertz CT molecular complexity index is 815. The van der Waals surface area contributed by atoms with E-state index in [1.165, 1.54) is 0 Å². The maximum Gasteiger partial charge on any atom is 0.246 e. The standard InChI is InChI=1S/C22H24N2O3/c1-17-10-12-19(13-11-17)24-15-14-23(16-22(24)27)21(26)9-5-8-20(25)18-6-3-2-4-7-18/h2-4,6-7,10-13H,5,8-9,14-16H2,1H3. The van der Waals surface area contributed by atoms with Gasteiger partial charge in [-0.05, 0) is 25.5 Å². The van der Waals surface area contributed by atoms with Crippen molar-refractivity contribution >= 4 is 23.3 Å². The summed E-state index contributed by atoms with van der Waals surface area (Å²) in [5.41, 5.74) is 2.68. The highest BCUT2D eigenvalue weighted by atomic mass is 16.2. The number of anilines is 1. The molecule has 0 aromatic heterocycles. The quantitative estimate of drug-likeness (QED) is 0.740. The summed E-state index contributed by atoms with van der Waals surface area (Å²) in [7, 11) is 0. The number of rotatable bonds is 6. The summed E-state index contributed by atoms with van der Waals surface area (Å²) in [6, 6.07) is 16.9. The van der Waals surface area contributed by atoms with Gasteiger partial charge in [0.25, 0.3) is 0 Å². The fourth-order valence-corrected chi connectivity index (χ4v) is 3.21. The van der Waals surface area contributed by atoms with Gasteiger partial charge in [-0.1, -0.05) is 48.0 Å². The fraction of sp³-hybridized carbons (Fsp3) is 0.318. The van der Waals surface area contributed by atoms with Crippen LogP contribution in [0.4, 0.5) is 5.69 Å². The van der Waals surface area contributed by atoms with Crippen molar-refractivity contribution in [1.29, 1.82) is 0 Å². The van der Waals surface area contributed by atoms with E-state index in [2.05, 4.69) is 0 Å². The van der Waals surface area contributed by atoms with Crippen LogP contribution in [-0.4, -0.2) is 42.1 Å². The average Bonchev–Trinajstić information content (AvgIpc) is 2.69. The first kappa shape index (κ1) is 18.8. The predicted octanol–water partition coefficient (Wildman–Crippen LogP) is 3.22. The molecule has 1 heterocycles. The topological polar surface area (TPSA) is 57.7 Å². The summed E-state index contributed by atoms with van der Waals surface area (Å²) in [6.07, 6.45) is 1.13. The van der Waals surface area contributed by atoms with Crippen LogP contribution in [0.15, 0.2) is 54.6 Å². The zero-order valence-electron chi connectivity index (χ0n) is 15.6. The van der Waals surface area contributed by atoms with Gasteiger partial charge in [-0.3, -0.25) is 14.4 Å². The lowest BCUT2D eigenvalue weighted by Gasteiger charge is -2.34. The minimum absolute atomic E-state index is 0.0451. The van der Waals surface area contributed by atoms with Crippen LogP contribution in [0.3, 0.4) is 0 Å². The molecule has 5 nitrogen and oxygen atoms in total. The third-order valence-electron chi connectivity index (χ3n) is 4.81. The third kappa shape index (κ3) is 4.82. The summed E-state index contributed by atoms with van der Waals surface area (Å²) in [4.78, 5) is 40.2. The second-order valence-electron chi connectivity index (χ2n) is 6.84. The minimum Gasteiger partial charge on any atom is -0.332 e. The van der Waals surface area contributed by atoms with Gasteiger partial charge in [0, 0.05) is 37.2 Å². The highest BCUT2D eigenvalue weighted by Gasteiger charge is 2.27. The molecule has 2 amide bonds. The minimum atomic E-state index is -0.0705. The molecule has 2 aromatic rings. The number of carbonyl (C=O) groups is 3. The van der Waals surface area contributed by atoms with Crippen molar-refractivity contribution in [3.05, 3.63) is 65.7 Å². The van der Waals surface area contributed by atoms with Gasteiger partial charge in [-0.25, -0.2) is 0 Å². The molecular weight excluding hydrogens is 340 g/mol. The Morgan fingerprint density at radius 2 is 1.63 bits per heavy atom. The molecule has 0 aliphatic carbocycles. The molecule has 0 unspecified atom stereocenters. The van der Waals surface area contributed by atoms with Crippen molar-refractivity contribution in [2.45, 2.75) is 26.2 Å². The first-order valence-electron chi connectivity index (χ1n) is 9.27. The number of piperazine rings is 1. The fourth-order valence-electron chi connectivity index (χ4n) is 3.21. The summed E-state index contributed by atoms with van der Waals surface area (Å²) in [5, 5.41) is 0. The number of hydrogen-bond acceptors (Lipinski definition) is 3. The molecule has 0 N–H and O–H groups in total. The third-order valence-corrected chi connectivity index (χ3v) is 4.81. The maximum absolute atomic E-state index is 12.4. The molecule has 3 rings (SSSR count). The van der Waals surface area contributed by atoms with Crippen molar-refractivity contribution in [3.8, 4) is 0 Å². The SMILES string of the molecule is Cc1ccc(N2CCN(C(=O)CCCC(=O)c3ccccc3)CC2=O)cc1. The highest BCUT2D eigenvalue weighted by Crippen LogP contribution is 2.18. The Morgan fingerprint density at radius 3 is 2.30 bits per heavy atom.